The summed E-state index contributed by atoms with van der Waals surface area (Å²) in [5.41, 5.74) is 0.827. The van der Waals surface area contributed by atoms with Gasteiger partial charge in [-0.15, -0.1) is 0 Å². The number of aromatic nitrogens is 1. The van der Waals surface area contributed by atoms with Crippen LogP contribution in [0.25, 0.3) is 0 Å². The number of rotatable bonds is 7. The van der Waals surface area contributed by atoms with Crippen molar-refractivity contribution in [3.63, 3.8) is 0 Å². The normalized spacial score (nSPS) is 10.8. The van der Waals surface area contributed by atoms with Gasteiger partial charge in [-0.2, -0.15) is 0 Å². The summed E-state index contributed by atoms with van der Waals surface area (Å²) in [7, 11) is 0. The molecule has 0 saturated heterocycles. The molecule has 0 radical (unpaired) electrons. The molecular weight excluding hydrogens is 284 g/mol. The Morgan fingerprint density at radius 2 is 2.24 bits per heavy atom. The minimum atomic E-state index is 0.0693. The lowest BCUT2D eigenvalue weighted by Crippen LogP contribution is -2.29. The Balaban J connectivity index is 2.39. The highest BCUT2D eigenvalue weighted by Gasteiger charge is 2.01. The van der Waals surface area contributed by atoms with E-state index in [-0.39, 0.29) is 5.56 Å². The van der Waals surface area contributed by atoms with Gasteiger partial charge in [-0.05, 0) is 35.8 Å². The Hall–Kier alpha value is -0.650. The van der Waals surface area contributed by atoms with Gasteiger partial charge in [-0.1, -0.05) is 0 Å². The molecule has 0 atom stereocenters. The third-order valence-corrected chi connectivity index (χ3v) is 2.82. The van der Waals surface area contributed by atoms with Crippen LogP contribution in [-0.2, 0) is 11.3 Å². The van der Waals surface area contributed by atoms with E-state index in [9.17, 15) is 4.79 Å². The van der Waals surface area contributed by atoms with E-state index in [0.717, 1.165) is 29.7 Å². The number of ether oxygens (including phenoxy) is 1. The van der Waals surface area contributed by atoms with Gasteiger partial charge in [0.25, 0.3) is 5.56 Å². The SMILES string of the molecule is CCOCCNCCn1cc(Br)cc(C)c1=O. The summed E-state index contributed by atoms with van der Waals surface area (Å²) in [6, 6.07) is 1.83. The maximum absolute atomic E-state index is 11.8. The zero-order chi connectivity index (χ0) is 12.7. The van der Waals surface area contributed by atoms with Gasteiger partial charge in [0.2, 0.25) is 0 Å². The number of hydrogen-bond acceptors (Lipinski definition) is 3. The molecule has 1 rings (SSSR count). The van der Waals surface area contributed by atoms with Crippen LogP contribution in [0, 0.1) is 6.92 Å². The highest BCUT2D eigenvalue weighted by Crippen LogP contribution is 2.07. The molecule has 96 valence electrons. The van der Waals surface area contributed by atoms with Crippen molar-refractivity contribution < 1.29 is 4.74 Å². The molecule has 0 spiro atoms. The summed E-state index contributed by atoms with van der Waals surface area (Å²) >= 11 is 3.39. The minimum absolute atomic E-state index is 0.0693. The van der Waals surface area contributed by atoms with Crippen LogP contribution < -0.4 is 10.9 Å². The first-order valence-electron chi connectivity index (χ1n) is 5.80. The fraction of sp³-hybridized carbons (Fsp3) is 0.583. The van der Waals surface area contributed by atoms with Crippen LogP contribution >= 0.6 is 15.9 Å². The van der Waals surface area contributed by atoms with Crippen LogP contribution in [0.5, 0.6) is 0 Å². The Labute approximate surface area is 110 Å². The second-order valence-electron chi connectivity index (χ2n) is 3.79. The molecule has 0 fully saturated rings. The van der Waals surface area contributed by atoms with E-state index in [1.54, 1.807) is 4.57 Å². The Morgan fingerprint density at radius 3 is 2.94 bits per heavy atom. The van der Waals surface area contributed by atoms with Crippen molar-refractivity contribution in [1.29, 1.82) is 0 Å². The fourth-order valence-corrected chi connectivity index (χ4v) is 2.11. The Morgan fingerprint density at radius 1 is 1.47 bits per heavy atom. The van der Waals surface area contributed by atoms with Crippen LogP contribution in [0.1, 0.15) is 12.5 Å². The van der Waals surface area contributed by atoms with Crippen LogP contribution in [0.3, 0.4) is 0 Å². The summed E-state index contributed by atoms with van der Waals surface area (Å²) in [6.07, 6.45) is 1.82. The Bertz CT molecular complexity index is 404. The number of hydrogen-bond donors (Lipinski definition) is 1. The number of nitrogens with zero attached hydrogens (tertiary/aromatic N) is 1. The van der Waals surface area contributed by atoms with Crippen LogP contribution in [0.15, 0.2) is 21.5 Å². The summed E-state index contributed by atoms with van der Waals surface area (Å²) in [5.74, 6) is 0. The van der Waals surface area contributed by atoms with Gasteiger partial charge in [0.1, 0.15) is 0 Å². The molecule has 1 aromatic rings. The number of pyridine rings is 1. The molecular formula is C12H19BrN2O2. The van der Waals surface area contributed by atoms with Crippen molar-refractivity contribution in [3.8, 4) is 0 Å². The largest absolute Gasteiger partial charge is 0.380 e. The monoisotopic (exact) mass is 302 g/mol. The van der Waals surface area contributed by atoms with E-state index in [1.165, 1.54) is 0 Å². The molecule has 0 saturated carbocycles. The van der Waals surface area contributed by atoms with Crippen LogP contribution in [-0.4, -0.2) is 30.9 Å². The highest BCUT2D eigenvalue weighted by atomic mass is 79.9. The minimum Gasteiger partial charge on any atom is -0.380 e. The van der Waals surface area contributed by atoms with E-state index >= 15 is 0 Å². The van der Waals surface area contributed by atoms with Crippen molar-refractivity contribution in [1.82, 2.24) is 9.88 Å². The second kappa shape index (κ2) is 7.63. The van der Waals surface area contributed by atoms with E-state index in [0.29, 0.717) is 13.2 Å². The van der Waals surface area contributed by atoms with Crippen molar-refractivity contribution >= 4 is 15.9 Å². The van der Waals surface area contributed by atoms with Gasteiger partial charge in [0.15, 0.2) is 0 Å². The van der Waals surface area contributed by atoms with E-state index in [2.05, 4.69) is 21.2 Å². The lowest BCUT2D eigenvalue weighted by molar-refractivity contribution is 0.149. The van der Waals surface area contributed by atoms with Gasteiger partial charge in [0, 0.05) is 42.5 Å². The van der Waals surface area contributed by atoms with Gasteiger partial charge in [0.05, 0.1) is 6.61 Å². The standard InChI is InChI=1S/C12H19BrN2O2/c1-3-17-7-5-14-4-6-15-9-11(13)8-10(2)12(15)16/h8-9,14H,3-7H2,1-2H3. The van der Waals surface area contributed by atoms with Gasteiger partial charge in [-0.3, -0.25) is 4.79 Å². The predicted octanol–water partition coefficient (Wildman–Crippen LogP) is 1.55. The van der Waals surface area contributed by atoms with Crippen molar-refractivity contribution in [2.45, 2.75) is 20.4 Å². The van der Waals surface area contributed by atoms with E-state index in [1.807, 2.05) is 26.1 Å². The van der Waals surface area contributed by atoms with Gasteiger partial charge >= 0.3 is 0 Å². The third-order valence-electron chi connectivity index (χ3n) is 2.39. The highest BCUT2D eigenvalue weighted by molar-refractivity contribution is 9.10. The molecule has 1 N–H and O–H groups in total. The molecule has 17 heavy (non-hydrogen) atoms. The quantitative estimate of drug-likeness (QED) is 0.777. The lowest BCUT2D eigenvalue weighted by atomic mass is 10.3. The average molecular weight is 303 g/mol. The summed E-state index contributed by atoms with van der Waals surface area (Å²) in [6.45, 7) is 7.51. The average Bonchev–Trinajstić information content (AvgIpc) is 2.29. The first-order chi connectivity index (χ1) is 8.15. The molecule has 0 aromatic carbocycles. The third kappa shape index (κ3) is 5.02. The van der Waals surface area contributed by atoms with E-state index in [4.69, 9.17) is 4.74 Å². The number of aryl methyl sites for hydroxylation is 1. The molecule has 0 amide bonds. The van der Waals surface area contributed by atoms with Crippen molar-refractivity contribution in [3.05, 3.63) is 32.7 Å². The molecule has 5 heteroatoms. The molecule has 1 heterocycles. The topological polar surface area (TPSA) is 43.3 Å². The Kier molecular flexibility index (Phi) is 6.47. The zero-order valence-electron chi connectivity index (χ0n) is 10.3. The molecule has 0 bridgehead atoms. The molecule has 0 aliphatic heterocycles. The van der Waals surface area contributed by atoms with E-state index < -0.39 is 0 Å². The van der Waals surface area contributed by atoms with Gasteiger partial charge < -0.3 is 14.6 Å². The van der Waals surface area contributed by atoms with Gasteiger partial charge in [-0.25, -0.2) is 0 Å². The zero-order valence-corrected chi connectivity index (χ0v) is 11.9. The predicted molar refractivity (Wildman–Crippen MR) is 72.5 cm³/mol. The van der Waals surface area contributed by atoms with Crippen molar-refractivity contribution in [2.24, 2.45) is 0 Å². The smallest absolute Gasteiger partial charge is 0.253 e. The maximum atomic E-state index is 11.8. The van der Waals surface area contributed by atoms with Crippen LogP contribution in [0.2, 0.25) is 0 Å². The fourth-order valence-electron chi connectivity index (χ4n) is 1.52. The first-order valence-corrected chi connectivity index (χ1v) is 6.59. The molecule has 0 unspecified atom stereocenters. The molecule has 0 aliphatic rings. The number of halogens is 1. The summed E-state index contributed by atoms with van der Waals surface area (Å²) in [5, 5.41) is 3.23. The summed E-state index contributed by atoms with van der Waals surface area (Å²) < 4.78 is 7.86. The summed E-state index contributed by atoms with van der Waals surface area (Å²) in [4.78, 5) is 11.8. The second-order valence-corrected chi connectivity index (χ2v) is 4.70. The van der Waals surface area contributed by atoms with Crippen LogP contribution in [0.4, 0.5) is 0 Å². The molecule has 0 aliphatic carbocycles. The first kappa shape index (κ1) is 14.4. The molecule has 1 aromatic heterocycles. The van der Waals surface area contributed by atoms with Crippen molar-refractivity contribution in [2.75, 3.05) is 26.3 Å². The molecule has 4 nitrogen and oxygen atoms in total. The lowest BCUT2D eigenvalue weighted by Gasteiger charge is -2.09. The number of nitrogens with one attached hydrogen (secondary N) is 1. The maximum Gasteiger partial charge on any atom is 0.253 e.